The van der Waals surface area contributed by atoms with Gasteiger partial charge in [-0.15, -0.1) is 0 Å². The van der Waals surface area contributed by atoms with Gasteiger partial charge in [0.05, 0.1) is 10.5 Å². The van der Waals surface area contributed by atoms with Gasteiger partial charge in [0.25, 0.3) is 0 Å². The molecule has 0 saturated heterocycles. The van der Waals surface area contributed by atoms with Crippen LogP contribution in [0, 0.1) is 6.92 Å². The van der Waals surface area contributed by atoms with Crippen LogP contribution in [0.5, 0.6) is 0 Å². The van der Waals surface area contributed by atoms with Crippen LogP contribution in [0.1, 0.15) is 18.3 Å². The molecule has 1 heterocycles. The molecule has 0 spiro atoms. The van der Waals surface area contributed by atoms with Gasteiger partial charge in [-0.2, -0.15) is 0 Å². The molecule has 0 bridgehead atoms. The van der Waals surface area contributed by atoms with Crippen LogP contribution >= 0.6 is 11.6 Å². The van der Waals surface area contributed by atoms with E-state index in [0.717, 1.165) is 17.2 Å². The molecule has 1 aromatic carbocycles. The Morgan fingerprint density at radius 3 is 2.89 bits per heavy atom. The number of hydrogen-bond acceptors (Lipinski definition) is 2. The number of halogens is 1. The summed E-state index contributed by atoms with van der Waals surface area (Å²) in [6, 6.07) is 3.84. The summed E-state index contributed by atoms with van der Waals surface area (Å²) in [5.41, 5.74) is 2.68. The minimum atomic E-state index is -0.994. The highest BCUT2D eigenvalue weighted by molar-refractivity contribution is 6.35. The molecule has 94 valence electrons. The number of aryl methyl sites for hydroxylation is 2. The molecular weight excluding hydrogens is 252 g/mol. The maximum Gasteiger partial charge on any atom is 0.328 e. The first kappa shape index (κ1) is 12.6. The van der Waals surface area contributed by atoms with Crippen LogP contribution in [0.25, 0.3) is 17.1 Å². The Hall–Kier alpha value is -1.81. The minimum absolute atomic E-state index is 0.585. The molecule has 2 rings (SSSR count). The fourth-order valence-electron chi connectivity index (χ4n) is 1.94. The molecule has 0 aliphatic carbocycles. The number of hydrogen-bond donors (Lipinski definition) is 1. The summed E-state index contributed by atoms with van der Waals surface area (Å²) < 4.78 is 1.94. The molecular formula is C13H13ClN2O2. The zero-order valence-corrected chi connectivity index (χ0v) is 10.9. The predicted molar refractivity (Wildman–Crippen MR) is 71.8 cm³/mol. The predicted octanol–water partition coefficient (Wildman–Crippen LogP) is 3.12. The summed E-state index contributed by atoms with van der Waals surface area (Å²) in [6.07, 6.45) is 2.56. The Morgan fingerprint density at radius 1 is 1.56 bits per heavy atom. The number of nitrogens with zero attached hydrogens (tertiary/aromatic N) is 2. The second-order valence-electron chi connectivity index (χ2n) is 4.00. The zero-order valence-electron chi connectivity index (χ0n) is 10.1. The van der Waals surface area contributed by atoms with Crippen molar-refractivity contribution in [2.45, 2.75) is 20.4 Å². The van der Waals surface area contributed by atoms with Crippen LogP contribution in [-0.4, -0.2) is 20.6 Å². The van der Waals surface area contributed by atoms with E-state index in [2.05, 4.69) is 4.98 Å². The molecule has 0 unspecified atom stereocenters. The van der Waals surface area contributed by atoms with E-state index in [0.29, 0.717) is 22.9 Å². The first-order valence-corrected chi connectivity index (χ1v) is 5.98. The Labute approximate surface area is 110 Å². The van der Waals surface area contributed by atoms with Crippen LogP contribution in [0.2, 0.25) is 5.02 Å². The topological polar surface area (TPSA) is 55.1 Å². The van der Waals surface area contributed by atoms with E-state index >= 15 is 0 Å². The van der Waals surface area contributed by atoms with Gasteiger partial charge in [-0.05, 0) is 37.6 Å². The van der Waals surface area contributed by atoms with E-state index in [1.54, 1.807) is 0 Å². The molecule has 0 atom stereocenters. The molecule has 1 N–H and O–H groups in total. The van der Waals surface area contributed by atoms with Gasteiger partial charge < -0.3 is 9.67 Å². The van der Waals surface area contributed by atoms with E-state index in [1.807, 2.05) is 30.5 Å². The average molecular weight is 265 g/mol. The van der Waals surface area contributed by atoms with Crippen molar-refractivity contribution in [1.29, 1.82) is 0 Å². The van der Waals surface area contributed by atoms with Crippen molar-refractivity contribution < 1.29 is 9.90 Å². The van der Waals surface area contributed by atoms with Gasteiger partial charge in [0, 0.05) is 12.6 Å². The summed E-state index contributed by atoms with van der Waals surface area (Å²) in [5, 5.41) is 9.25. The first-order chi connectivity index (χ1) is 8.52. The highest BCUT2D eigenvalue weighted by atomic mass is 35.5. The fraction of sp³-hybridized carbons (Fsp3) is 0.231. The molecule has 18 heavy (non-hydrogen) atoms. The van der Waals surface area contributed by atoms with Crippen molar-refractivity contribution in [3.05, 3.63) is 34.6 Å². The van der Waals surface area contributed by atoms with E-state index in [4.69, 9.17) is 16.7 Å². The summed E-state index contributed by atoms with van der Waals surface area (Å²) in [5.74, 6) is -0.394. The Morgan fingerprint density at radius 2 is 2.28 bits per heavy atom. The van der Waals surface area contributed by atoms with Gasteiger partial charge in [0.2, 0.25) is 0 Å². The van der Waals surface area contributed by atoms with Crippen LogP contribution < -0.4 is 0 Å². The third kappa shape index (κ3) is 2.24. The smallest absolute Gasteiger partial charge is 0.328 e. The maximum absolute atomic E-state index is 10.6. The third-order valence-corrected chi connectivity index (χ3v) is 2.96. The number of benzene rings is 1. The van der Waals surface area contributed by atoms with E-state index < -0.39 is 5.97 Å². The van der Waals surface area contributed by atoms with E-state index in [1.165, 1.54) is 6.08 Å². The molecule has 4 nitrogen and oxygen atoms in total. The molecule has 0 fully saturated rings. The van der Waals surface area contributed by atoms with Crippen molar-refractivity contribution in [3.63, 3.8) is 0 Å². The lowest BCUT2D eigenvalue weighted by Crippen LogP contribution is -1.97. The van der Waals surface area contributed by atoms with Crippen LogP contribution in [0.3, 0.4) is 0 Å². The summed E-state index contributed by atoms with van der Waals surface area (Å²) in [4.78, 5) is 14.9. The number of rotatable bonds is 3. The minimum Gasteiger partial charge on any atom is -0.478 e. The molecule has 0 aliphatic heterocycles. The van der Waals surface area contributed by atoms with Crippen molar-refractivity contribution >= 4 is 34.7 Å². The molecule has 0 radical (unpaired) electrons. The van der Waals surface area contributed by atoms with Crippen molar-refractivity contribution in [1.82, 2.24) is 9.55 Å². The maximum atomic E-state index is 10.6. The number of carboxylic acids is 1. The van der Waals surface area contributed by atoms with Gasteiger partial charge in [0.1, 0.15) is 11.3 Å². The quantitative estimate of drug-likeness (QED) is 0.867. The van der Waals surface area contributed by atoms with E-state index in [9.17, 15) is 4.79 Å². The van der Waals surface area contributed by atoms with Crippen molar-refractivity contribution in [3.8, 4) is 0 Å². The number of aromatic nitrogens is 2. The highest BCUT2D eigenvalue weighted by Gasteiger charge is 2.11. The summed E-state index contributed by atoms with van der Waals surface area (Å²) in [7, 11) is 0. The summed E-state index contributed by atoms with van der Waals surface area (Å²) >= 11 is 6.15. The molecule has 1 aromatic heterocycles. The van der Waals surface area contributed by atoms with Crippen LogP contribution in [0.15, 0.2) is 18.2 Å². The van der Waals surface area contributed by atoms with Gasteiger partial charge in [-0.3, -0.25) is 0 Å². The molecule has 2 aromatic rings. The summed E-state index contributed by atoms with van der Waals surface area (Å²) in [6.45, 7) is 4.65. The van der Waals surface area contributed by atoms with Crippen LogP contribution in [0.4, 0.5) is 0 Å². The lowest BCUT2D eigenvalue weighted by atomic mass is 10.2. The number of carboxylic acid groups (broad SMARTS) is 1. The number of carbonyl (C=O) groups is 1. The average Bonchev–Trinajstić information content (AvgIpc) is 2.64. The molecule has 0 amide bonds. The second kappa shape index (κ2) is 4.82. The van der Waals surface area contributed by atoms with Crippen LogP contribution in [-0.2, 0) is 11.3 Å². The standard InChI is InChI=1S/C13H13ClN2O2/c1-3-16-10-7-8(2)6-9(14)13(10)15-11(16)4-5-12(17)18/h4-7H,3H2,1-2H3,(H,17,18)/b5-4+. The normalized spacial score (nSPS) is 11.5. The molecule has 5 heteroatoms. The monoisotopic (exact) mass is 264 g/mol. The molecule has 0 saturated carbocycles. The fourth-order valence-corrected chi connectivity index (χ4v) is 2.25. The number of aliphatic carboxylic acids is 1. The largest absolute Gasteiger partial charge is 0.478 e. The van der Waals surface area contributed by atoms with Gasteiger partial charge in [-0.1, -0.05) is 11.6 Å². The van der Waals surface area contributed by atoms with Gasteiger partial charge >= 0.3 is 5.97 Å². The Kier molecular flexibility index (Phi) is 3.39. The SMILES string of the molecule is CCn1c(/C=C/C(=O)O)nc2c(Cl)cc(C)cc21. The Bertz CT molecular complexity index is 644. The highest BCUT2D eigenvalue weighted by Crippen LogP contribution is 2.26. The van der Waals surface area contributed by atoms with Gasteiger partial charge in [-0.25, -0.2) is 9.78 Å². The second-order valence-corrected chi connectivity index (χ2v) is 4.41. The number of imidazole rings is 1. The lowest BCUT2D eigenvalue weighted by molar-refractivity contribution is -0.131. The zero-order chi connectivity index (χ0) is 13.3. The van der Waals surface area contributed by atoms with E-state index in [-0.39, 0.29) is 0 Å². The number of fused-ring (bicyclic) bond motifs is 1. The van der Waals surface area contributed by atoms with Crippen molar-refractivity contribution in [2.75, 3.05) is 0 Å². The van der Waals surface area contributed by atoms with Gasteiger partial charge in [0.15, 0.2) is 0 Å². The first-order valence-electron chi connectivity index (χ1n) is 5.60. The lowest BCUT2D eigenvalue weighted by Gasteiger charge is -2.03. The molecule has 0 aliphatic rings. The third-order valence-electron chi connectivity index (χ3n) is 2.67. The van der Waals surface area contributed by atoms with Crippen molar-refractivity contribution in [2.24, 2.45) is 0 Å². The Balaban J connectivity index is 2.68.